The van der Waals surface area contributed by atoms with Gasteiger partial charge in [-0.05, 0) is 37.2 Å². The molecule has 1 aromatic heterocycles. The molecule has 1 atom stereocenters. The number of nitrogens with zero attached hydrogens (tertiary/aromatic N) is 2. The molecule has 26 heavy (non-hydrogen) atoms. The average Bonchev–Trinajstić information content (AvgIpc) is 3.29. The number of carboxylic acid groups (broad SMARTS) is 1. The maximum Gasteiger partial charge on any atom is 0.343 e. The summed E-state index contributed by atoms with van der Waals surface area (Å²) in [4.78, 5) is 13.9. The molecule has 0 saturated carbocycles. The summed E-state index contributed by atoms with van der Waals surface area (Å²) in [6.45, 7) is 3.36. The topological polar surface area (TPSA) is 97.1 Å². The number of rotatable bonds is 4. The highest BCUT2D eigenvalue weighted by Gasteiger charge is 2.41. The predicted molar refractivity (Wildman–Crippen MR) is 93.8 cm³/mol. The van der Waals surface area contributed by atoms with Crippen LogP contribution in [0, 0.1) is 0 Å². The summed E-state index contributed by atoms with van der Waals surface area (Å²) >= 11 is 0. The summed E-state index contributed by atoms with van der Waals surface area (Å²) in [5.74, 6) is 0.240. The third-order valence-electron chi connectivity index (χ3n) is 4.99. The van der Waals surface area contributed by atoms with E-state index in [2.05, 4.69) is 10.5 Å². The van der Waals surface area contributed by atoms with Crippen molar-refractivity contribution in [3.8, 4) is 17.1 Å². The first-order valence-electron chi connectivity index (χ1n) is 8.59. The number of ether oxygens (including phenoxy) is 2. The fourth-order valence-electron chi connectivity index (χ4n) is 3.63. The van der Waals surface area contributed by atoms with Gasteiger partial charge in [0.15, 0.2) is 17.1 Å². The van der Waals surface area contributed by atoms with Crippen molar-refractivity contribution < 1.29 is 23.9 Å². The molecule has 1 aromatic carbocycles. The van der Waals surface area contributed by atoms with E-state index >= 15 is 0 Å². The van der Waals surface area contributed by atoms with Gasteiger partial charge in [-0.3, -0.25) is 0 Å². The van der Waals surface area contributed by atoms with Crippen LogP contribution >= 0.6 is 0 Å². The SMILES string of the molecule is COc1ccc(-c2onc(N3CCOC4(CCNC4)C3)c2C(=O)O)cc1. The van der Waals surface area contributed by atoms with Crippen molar-refractivity contribution in [1.29, 1.82) is 0 Å². The van der Waals surface area contributed by atoms with Crippen LogP contribution in [0.5, 0.6) is 5.75 Å². The number of hydrogen-bond donors (Lipinski definition) is 2. The molecule has 1 unspecified atom stereocenters. The molecule has 8 heteroatoms. The van der Waals surface area contributed by atoms with Gasteiger partial charge in [0.25, 0.3) is 0 Å². The van der Waals surface area contributed by atoms with Crippen LogP contribution in [-0.2, 0) is 4.74 Å². The Hall–Kier alpha value is -2.58. The van der Waals surface area contributed by atoms with Gasteiger partial charge in [-0.1, -0.05) is 5.16 Å². The number of benzene rings is 1. The van der Waals surface area contributed by atoms with Crippen LogP contribution in [-0.4, -0.2) is 61.7 Å². The molecule has 0 radical (unpaired) electrons. The Morgan fingerprint density at radius 1 is 1.38 bits per heavy atom. The Morgan fingerprint density at radius 3 is 2.85 bits per heavy atom. The van der Waals surface area contributed by atoms with Gasteiger partial charge >= 0.3 is 5.97 Å². The molecule has 2 aromatic rings. The molecular formula is C18H21N3O5. The predicted octanol–water partition coefficient (Wildman–Crippen LogP) is 1.62. The zero-order valence-corrected chi connectivity index (χ0v) is 14.5. The second kappa shape index (κ2) is 6.62. The first kappa shape index (κ1) is 16.9. The third-order valence-corrected chi connectivity index (χ3v) is 4.99. The Kier molecular flexibility index (Phi) is 4.29. The molecule has 3 heterocycles. The number of anilines is 1. The van der Waals surface area contributed by atoms with Gasteiger partial charge in [0, 0.05) is 25.2 Å². The summed E-state index contributed by atoms with van der Waals surface area (Å²) in [7, 11) is 1.58. The molecule has 2 N–H and O–H groups in total. The van der Waals surface area contributed by atoms with Crippen LogP contribution in [0.2, 0.25) is 0 Å². The molecule has 1 spiro atoms. The number of aromatic nitrogens is 1. The van der Waals surface area contributed by atoms with Crippen LogP contribution in [0.15, 0.2) is 28.8 Å². The van der Waals surface area contributed by atoms with E-state index in [0.29, 0.717) is 36.8 Å². The summed E-state index contributed by atoms with van der Waals surface area (Å²) in [6.07, 6.45) is 0.898. The fraction of sp³-hybridized carbons (Fsp3) is 0.444. The summed E-state index contributed by atoms with van der Waals surface area (Å²) in [5, 5.41) is 17.2. The molecular weight excluding hydrogens is 338 g/mol. The van der Waals surface area contributed by atoms with Crippen LogP contribution in [0.1, 0.15) is 16.8 Å². The van der Waals surface area contributed by atoms with Crippen molar-refractivity contribution in [2.45, 2.75) is 12.0 Å². The number of morpholine rings is 1. The highest BCUT2D eigenvalue weighted by molar-refractivity contribution is 5.99. The molecule has 2 aliphatic rings. The van der Waals surface area contributed by atoms with E-state index in [1.165, 1.54) is 0 Å². The maximum atomic E-state index is 12.0. The second-order valence-electron chi connectivity index (χ2n) is 6.62. The standard InChI is InChI=1S/C18H21N3O5/c1-24-13-4-2-12(3-5-13)15-14(17(22)23)16(20-26-15)21-8-9-25-18(11-21)6-7-19-10-18/h2-5,19H,6-11H2,1H3,(H,22,23). The van der Waals surface area contributed by atoms with Crippen molar-refractivity contribution in [2.24, 2.45) is 0 Å². The molecule has 8 nitrogen and oxygen atoms in total. The van der Waals surface area contributed by atoms with Gasteiger partial charge in [-0.2, -0.15) is 0 Å². The van der Waals surface area contributed by atoms with Gasteiger partial charge in [0.1, 0.15) is 5.75 Å². The minimum Gasteiger partial charge on any atom is -0.497 e. The van der Waals surface area contributed by atoms with Gasteiger partial charge in [0.2, 0.25) is 0 Å². The number of nitrogens with one attached hydrogen (secondary N) is 1. The smallest absolute Gasteiger partial charge is 0.343 e. The summed E-state index contributed by atoms with van der Waals surface area (Å²) < 4.78 is 16.6. The van der Waals surface area contributed by atoms with Gasteiger partial charge in [-0.25, -0.2) is 4.79 Å². The van der Waals surface area contributed by atoms with E-state index in [4.69, 9.17) is 14.0 Å². The average molecular weight is 359 g/mol. The quantitative estimate of drug-likeness (QED) is 0.850. The Bertz CT molecular complexity index is 796. The second-order valence-corrected chi connectivity index (χ2v) is 6.62. The van der Waals surface area contributed by atoms with E-state index in [0.717, 1.165) is 19.5 Å². The van der Waals surface area contributed by atoms with E-state index in [9.17, 15) is 9.90 Å². The molecule has 2 fully saturated rings. The minimum atomic E-state index is -1.06. The van der Waals surface area contributed by atoms with Crippen LogP contribution in [0.3, 0.4) is 0 Å². The van der Waals surface area contributed by atoms with E-state index in [1.807, 2.05) is 4.90 Å². The minimum absolute atomic E-state index is 0.0816. The first-order chi connectivity index (χ1) is 12.6. The molecule has 138 valence electrons. The fourth-order valence-corrected chi connectivity index (χ4v) is 3.63. The highest BCUT2D eigenvalue weighted by Crippen LogP contribution is 2.35. The van der Waals surface area contributed by atoms with Crippen LogP contribution in [0.25, 0.3) is 11.3 Å². The molecule has 4 rings (SSSR count). The first-order valence-corrected chi connectivity index (χ1v) is 8.59. The number of aromatic carboxylic acids is 1. The van der Waals surface area contributed by atoms with Gasteiger partial charge < -0.3 is 29.3 Å². The number of carboxylic acids is 1. The molecule has 0 aliphatic carbocycles. The molecule has 2 saturated heterocycles. The number of carbonyl (C=O) groups is 1. The Balaban J connectivity index is 1.68. The van der Waals surface area contributed by atoms with Crippen LogP contribution in [0.4, 0.5) is 5.82 Å². The van der Waals surface area contributed by atoms with Crippen molar-refractivity contribution in [3.05, 3.63) is 29.8 Å². The van der Waals surface area contributed by atoms with Crippen molar-refractivity contribution in [2.75, 3.05) is 44.8 Å². The summed E-state index contributed by atoms with van der Waals surface area (Å²) in [5.41, 5.74) is 0.443. The normalized spacial score (nSPS) is 22.7. The zero-order chi connectivity index (χ0) is 18.1. The zero-order valence-electron chi connectivity index (χ0n) is 14.5. The lowest BCUT2D eigenvalue weighted by Gasteiger charge is -2.40. The Labute approximate surface area is 150 Å². The van der Waals surface area contributed by atoms with Gasteiger partial charge in [0.05, 0.1) is 19.3 Å². The Morgan fingerprint density at radius 2 is 2.19 bits per heavy atom. The maximum absolute atomic E-state index is 12.0. The summed E-state index contributed by atoms with van der Waals surface area (Å²) in [6, 6.07) is 7.04. The highest BCUT2D eigenvalue weighted by atomic mass is 16.5. The van der Waals surface area contributed by atoms with Crippen molar-refractivity contribution >= 4 is 11.8 Å². The molecule has 2 aliphatic heterocycles. The third kappa shape index (κ3) is 2.91. The van der Waals surface area contributed by atoms with E-state index in [-0.39, 0.29) is 16.9 Å². The lowest BCUT2D eigenvalue weighted by molar-refractivity contribution is -0.0407. The lowest BCUT2D eigenvalue weighted by atomic mass is 10.00. The number of methoxy groups -OCH3 is 1. The van der Waals surface area contributed by atoms with E-state index in [1.54, 1.807) is 31.4 Å². The largest absolute Gasteiger partial charge is 0.497 e. The van der Waals surface area contributed by atoms with Crippen molar-refractivity contribution in [1.82, 2.24) is 10.5 Å². The monoisotopic (exact) mass is 359 g/mol. The van der Waals surface area contributed by atoms with Gasteiger partial charge in [-0.15, -0.1) is 0 Å². The van der Waals surface area contributed by atoms with Crippen molar-refractivity contribution in [3.63, 3.8) is 0 Å². The number of hydrogen-bond acceptors (Lipinski definition) is 7. The molecule has 0 bridgehead atoms. The molecule has 0 amide bonds. The lowest BCUT2D eigenvalue weighted by Crippen LogP contribution is -2.53. The van der Waals surface area contributed by atoms with Crippen LogP contribution < -0.4 is 15.0 Å². The van der Waals surface area contributed by atoms with E-state index < -0.39 is 5.97 Å².